The van der Waals surface area contributed by atoms with Crippen molar-refractivity contribution in [2.45, 2.75) is 13.8 Å². The Balaban J connectivity index is 1.43. The van der Waals surface area contributed by atoms with Crippen LogP contribution < -0.4 is 4.74 Å². The second-order valence-electron chi connectivity index (χ2n) is 7.81. The molecule has 5 rings (SSSR count). The lowest BCUT2D eigenvalue weighted by Crippen LogP contribution is -2.52. The number of amides is 2. The summed E-state index contributed by atoms with van der Waals surface area (Å²) in [5.74, 6) is -4.04. The molecule has 0 atom stereocenters. The molecule has 0 unspecified atom stereocenters. The molecule has 1 aliphatic heterocycles. The van der Waals surface area contributed by atoms with Gasteiger partial charge in [-0.15, -0.1) is 0 Å². The Morgan fingerprint density at radius 3 is 2.67 bits per heavy atom. The average Bonchev–Trinajstić information content (AvgIpc) is 3.61. The zero-order chi connectivity index (χ0) is 33.9. The summed E-state index contributed by atoms with van der Waals surface area (Å²) in [6.45, 7) is -1.59. The maximum Gasteiger partial charge on any atom is 0.295 e. The van der Waals surface area contributed by atoms with Gasteiger partial charge in [0, 0.05) is 42.7 Å². The number of carbonyl (C=O) groups excluding carboxylic acids is 3. The summed E-state index contributed by atoms with van der Waals surface area (Å²) in [5, 5.41) is 3.63. The van der Waals surface area contributed by atoms with Crippen LogP contribution in [0.15, 0.2) is 37.0 Å². The van der Waals surface area contributed by atoms with Gasteiger partial charge in [0.1, 0.15) is 24.9 Å². The number of Topliss-reactive ketones (excluding diaryl/α,β-unsaturated/α-hetero) is 1. The van der Waals surface area contributed by atoms with Crippen molar-refractivity contribution in [1.82, 2.24) is 39.5 Å². The number of nitrogens with zero attached hydrogens (tertiary/aromatic N) is 7. The third kappa shape index (κ3) is 4.06. The molecule has 0 saturated carbocycles. The summed E-state index contributed by atoms with van der Waals surface area (Å²) < 4.78 is 83.0. The third-order valence-electron chi connectivity index (χ3n) is 5.61. The molecule has 1 aliphatic rings. The molecular weight excluding hydrogens is 464 g/mol. The minimum atomic E-state index is -2.99. The van der Waals surface area contributed by atoms with E-state index in [-0.39, 0.29) is 71.9 Å². The summed E-state index contributed by atoms with van der Waals surface area (Å²) in [5.41, 5.74) is -0.610. The van der Waals surface area contributed by atoms with Crippen LogP contribution in [0, 0.1) is 13.8 Å². The number of H-pyrrole nitrogens is 1. The number of aryl methyl sites for hydroxylation is 1. The zero-order valence-corrected chi connectivity index (χ0v) is 18.7. The summed E-state index contributed by atoms with van der Waals surface area (Å²) in [7, 11) is -2.99. The van der Waals surface area contributed by atoms with Crippen LogP contribution in [0.5, 0.6) is 5.75 Å². The average molecular weight is 499 g/mol. The molecule has 2 amide bonds. The molecule has 0 spiro atoms. The van der Waals surface area contributed by atoms with Gasteiger partial charge in [-0.25, -0.2) is 14.6 Å². The molecule has 1 N–H and O–H groups in total. The third-order valence-corrected chi connectivity index (χ3v) is 5.61. The van der Waals surface area contributed by atoms with Crippen molar-refractivity contribution in [2.75, 3.05) is 33.2 Å². The molecule has 184 valence electrons. The molecule has 1 fully saturated rings. The number of hydrogen-bond acceptors (Lipinski definition) is 8. The minimum absolute atomic E-state index is 0.0483. The van der Waals surface area contributed by atoms with E-state index in [0.29, 0.717) is 0 Å². The molecule has 12 heteroatoms. The first-order valence-electron chi connectivity index (χ1n) is 15.6. The van der Waals surface area contributed by atoms with Crippen molar-refractivity contribution in [3.05, 3.63) is 59.6 Å². The van der Waals surface area contributed by atoms with Gasteiger partial charge in [0.15, 0.2) is 5.82 Å². The Hall–Kier alpha value is -4.61. The van der Waals surface area contributed by atoms with E-state index in [1.165, 1.54) is 16.7 Å². The Kier molecular flexibility index (Phi) is 3.60. The topological polar surface area (TPSA) is 139 Å². The number of carbonyl (C=O) groups is 3. The maximum absolute atomic E-state index is 13.5. The van der Waals surface area contributed by atoms with E-state index in [1.807, 2.05) is 0 Å². The number of ketones is 1. The Morgan fingerprint density at radius 2 is 1.92 bits per heavy atom. The van der Waals surface area contributed by atoms with Gasteiger partial charge in [0.2, 0.25) is 0 Å². The molecule has 4 aromatic heterocycles. The fourth-order valence-corrected chi connectivity index (χ4v) is 3.82. The lowest BCUT2D eigenvalue weighted by Gasteiger charge is -2.34. The van der Waals surface area contributed by atoms with Crippen molar-refractivity contribution < 1.29 is 32.8 Å². The highest BCUT2D eigenvalue weighted by atomic mass is 16.5. The molecule has 0 aromatic carbocycles. The normalized spacial score (nSPS) is 18.5. The first-order valence-corrected chi connectivity index (χ1v) is 10.6. The molecule has 0 bridgehead atoms. The van der Waals surface area contributed by atoms with Gasteiger partial charge in [0.05, 0.1) is 37.9 Å². The molecule has 0 aliphatic carbocycles. The minimum Gasteiger partial charge on any atom is -0.494 e. The quantitative estimate of drug-likeness (QED) is 0.321. The summed E-state index contributed by atoms with van der Waals surface area (Å²) in [6, 6.07) is -0.712. The van der Waals surface area contributed by atoms with Gasteiger partial charge in [0.25, 0.3) is 17.6 Å². The van der Waals surface area contributed by atoms with Crippen LogP contribution in [0.25, 0.3) is 16.7 Å². The number of ether oxygens (including phenoxy) is 1. The van der Waals surface area contributed by atoms with Gasteiger partial charge < -0.3 is 19.5 Å². The number of fused-ring (bicyclic) bond motifs is 1. The number of aromatic nitrogens is 6. The molecule has 1 saturated heterocycles. The molecule has 36 heavy (non-hydrogen) atoms. The van der Waals surface area contributed by atoms with Crippen LogP contribution in [0.2, 0.25) is 0 Å². The zero-order valence-electron chi connectivity index (χ0n) is 28.7. The number of nitrogens with one attached hydrogen (secondary N) is 1. The standard InChI is InChI=1S/C24H24N8O4/c1-14-4-5-17(25-10-14)23(34)30-6-8-31(9-7-30)24(35)21(33)16-11-26-20-19(16)18(36-3)12-27-22(20)32-13-28-15(2)29-32/h4-5,10-13,26H,6-9H2,1-3H3/i2D3,3D3,4D,5D,10D,13D. The van der Waals surface area contributed by atoms with Crippen LogP contribution in [-0.4, -0.2) is 90.3 Å². The largest absolute Gasteiger partial charge is 0.494 e. The van der Waals surface area contributed by atoms with Crippen molar-refractivity contribution in [1.29, 1.82) is 0 Å². The molecule has 5 heterocycles. The van der Waals surface area contributed by atoms with E-state index in [4.69, 9.17) is 18.4 Å². The van der Waals surface area contributed by atoms with E-state index in [0.717, 1.165) is 17.1 Å². The number of rotatable bonds is 5. The van der Waals surface area contributed by atoms with Crippen LogP contribution in [-0.2, 0) is 4.79 Å². The van der Waals surface area contributed by atoms with Crippen molar-refractivity contribution >= 4 is 28.5 Å². The van der Waals surface area contributed by atoms with Crippen LogP contribution >= 0.6 is 0 Å². The SMILES string of the molecule is [2H]c1nc(C(=O)N2CCN(C(=O)C(=O)c3c[nH]c4c(-n5nc(C([2H])([2H])[2H])nc5[2H])ncc(OC([2H])([2H])[2H])c34)CC2)c([2H])c([2H])c1C. The van der Waals surface area contributed by atoms with E-state index in [2.05, 4.69) is 25.0 Å². The maximum atomic E-state index is 13.5. The highest BCUT2D eigenvalue weighted by Crippen LogP contribution is 2.31. The second kappa shape index (κ2) is 9.21. The van der Waals surface area contributed by atoms with Gasteiger partial charge in [-0.2, -0.15) is 5.10 Å². The summed E-state index contributed by atoms with van der Waals surface area (Å²) in [6.07, 6.45) is 1.13. The first-order chi connectivity index (χ1) is 21.4. The predicted molar refractivity (Wildman–Crippen MR) is 128 cm³/mol. The fourth-order valence-electron chi connectivity index (χ4n) is 3.82. The summed E-state index contributed by atoms with van der Waals surface area (Å²) >= 11 is 0. The highest BCUT2D eigenvalue weighted by molar-refractivity contribution is 6.45. The molecule has 4 aromatic rings. The van der Waals surface area contributed by atoms with Gasteiger partial charge in [-0.05, 0) is 25.4 Å². The van der Waals surface area contributed by atoms with Crippen molar-refractivity contribution in [3.8, 4) is 11.6 Å². The number of aromatic amines is 1. The lowest BCUT2D eigenvalue weighted by molar-refractivity contribution is -0.127. The first kappa shape index (κ1) is 14.1. The smallest absolute Gasteiger partial charge is 0.295 e. The molecular formula is C24H24N8O4. The van der Waals surface area contributed by atoms with E-state index < -0.39 is 55.4 Å². The van der Waals surface area contributed by atoms with E-state index >= 15 is 0 Å². The van der Waals surface area contributed by atoms with Gasteiger partial charge in [-0.3, -0.25) is 19.4 Å². The van der Waals surface area contributed by atoms with Crippen LogP contribution in [0.4, 0.5) is 0 Å². The fraction of sp³-hybridized carbons (Fsp3) is 0.292. The Bertz CT molecular complexity index is 1890. The lowest BCUT2D eigenvalue weighted by atomic mass is 10.1. The van der Waals surface area contributed by atoms with Crippen molar-refractivity contribution in [3.63, 3.8) is 0 Å². The van der Waals surface area contributed by atoms with E-state index in [1.54, 1.807) is 0 Å². The Labute approximate surface area is 220 Å². The van der Waals surface area contributed by atoms with Gasteiger partial charge in [-0.1, -0.05) is 6.04 Å². The molecule has 0 radical (unpaired) electrons. The number of piperazine rings is 1. The monoisotopic (exact) mass is 498 g/mol. The highest BCUT2D eigenvalue weighted by Gasteiger charge is 2.31. The van der Waals surface area contributed by atoms with Crippen LogP contribution in [0.3, 0.4) is 0 Å². The Morgan fingerprint density at radius 1 is 1.11 bits per heavy atom. The van der Waals surface area contributed by atoms with Crippen molar-refractivity contribution in [2.24, 2.45) is 0 Å². The second-order valence-corrected chi connectivity index (χ2v) is 7.81. The number of methoxy groups -OCH3 is 1. The predicted octanol–water partition coefficient (Wildman–Crippen LogP) is 1.33. The number of pyridine rings is 2. The molecule has 12 nitrogen and oxygen atoms in total. The summed E-state index contributed by atoms with van der Waals surface area (Å²) in [4.78, 5) is 56.7. The number of hydrogen-bond donors (Lipinski definition) is 1. The van der Waals surface area contributed by atoms with Crippen LogP contribution in [0.1, 0.15) is 45.9 Å². The van der Waals surface area contributed by atoms with Gasteiger partial charge >= 0.3 is 0 Å². The van der Waals surface area contributed by atoms with E-state index in [9.17, 15) is 14.4 Å².